The molecule has 2 aliphatic rings. The molecule has 1 saturated carbocycles. The van der Waals surface area contributed by atoms with Crippen LogP contribution in [0.4, 0.5) is 4.79 Å². The molecule has 1 aliphatic carbocycles. The molecule has 1 amide bonds. The lowest BCUT2D eigenvalue weighted by atomic mass is 9.93. The maximum atomic E-state index is 11.8. The minimum Gasteiger partial charge on any atom is -0.444 e. The topological polar surface area (TPSA) is 68.8 Å². The van der Waals surface area contributed by atoms with Gasteiger partial charge in [-0.15, -0.1) is 0 Å². The maximum absolute atomic E-state index is 11.8. The van der Waals surface area contributed by atoms with Gasteiger partial charge < -0.3 is 24.8 Å². The predicted octanol–water partition coefficient (Wildman–Crippen LogP) is 2.61. The molecule has 1 saturated heterocycles. The first kappa shape index (κ1) is 19.5. The summed E-state index contributed by atoms with van der Waals surface area (Å²) in [6.07, 6.45) is 6.10. The van der Waals surface area contributed by atoms with Gasteiger partial charge in [0, 0.05) is 25.3 Å². The number of hydrogen-bond acceptors (Lipinski definition) is 5. The molecule has 1 unspecified atom stereocenters. The standard InChI is InChI=1S/C18H34N2O4/c1-18(2,3)24-17(21)20-14-5-7-16(8-6-14)23-11-4-10-19-15-9-12-22-13-15/h14-16,19H,4-13H2,1-3H3,(H,20,21). The average molecular weight is 342 g/mol. The van der Waals surface area contributed by atoms with Crippen molar-refractivity contribution in [2.45, 2.75) is 83.1 Å². The zero-order valence-corrected chi connectivity index (χ0v) is 15.4. The van der Waals surface area contributed by atoms with E-state index in [0.29, 0.717) is 12.1 Å². The summed E-state index contributed by atoms with van der Waals surface area (Å²) in [5.74, 6) is 0. The third kappa shape index (κ3) is 7.81. The Morgan fingerprint density at radius 2 is 1.88 bits per heavy atom. The SMILES string of the molecule is CC(C)(C)OC(=O)NC1CCC(OCCCNC2CCOC2)CC1. The van der Waals surface area contributed by atoms with Crippen LogP contribution in [-0.4, -0.2) is 56.2 Å². The Hall–Kier alpha value is -0.850. The van der Waals surface area contributed by atoms with Crippen molar-refractivity contribution in [3.05, 3.63) is 0 Å². The molecule has 0 radical (unpaired) electrons. The van der Waals surface area contributed by atoms with E-state index in [9.17, 15) is 4.79 Å². The molecule has 0 spiro atoms. The van der Waals surface area contributed by atoms with Crippen LogP contribution < -0.4 is 10.6 Å². The fraction of sp³-hybridized carbons (Fsp3) is 0.944. The summed E-state index contributed by atoms with van der Waals surface area (Å²) in [4.78, 5) is 11.8. The van der Waals surface area contributed by atoms with Gasteiger partial charge in [-0.25, -0.2) is 4.79 Å². The van der Waals surface area contributed by atoms with E-state index in [1.165, 1.54) is 0 Å². The van der Waals surface area contributed by atoms with Gasteiger partial charge in [-0.05, 0) is 65.8 Å². The lowest BCUT2D eigenvalue weighted by Crippen LogP contribution is -2.42. The van der Waals surface area contributed by atoms with Gasteiger partial charge in [-0.2, -0.15) is 0 Å². The molecule has 0 aromatic rings. The zero-order valence-electron chi connectivity index (χ0n) is 15.4. The van der Waals surface area contributed by atoms with Gasteiger partial charge in [0.1, 0.15) is 5.60 Å². The molecule has 0 bridgehead atoms. The summed E-state index contributed by atoms with van der Waals surface area (Å²) >= 11 is 0. The van der Waals surface area contributed by atoms with Gasteiger partial charge in [0.15, 0.2) is 0 Å². The Balaban J connectivity index is 1.49. The number of amides is 1. The van der Waals surface area contributed by atoms with Crippen LogP contribution in [0.25, 0.3) is 0 Å². The minimum absolute atomic E-state index is 0.212. The van der Waals surface area contributed by atoms with Crippen molar-refractivity contribution in [3.63, 3.8) is 0 Å². The summed E-state index contributed by atoms with van der Waals surface area (Å²) in [6.45, 7) is 9.16. The van der Waals surface area contributed by atoms with Gasteiger partial charge in [-0.1, -0.05) is 0 Å². The number of rotatable bonds is 7. The van der Waals surface area contributed by atoms with Gasteiger partial charge in [-0.3, -0.25) is 0 Å². The molecule has 6 nitrogen and oxygen atoms in total. The van der Waals surface area contributed by atoms with E-state index in [0.717, 1.165) is 64.9 Å². The van der Waals surface area contributed by atoms with Crippen LogP contribution in [0.15, 0.2) is 0 Å². The van der Waals surface area contributed by atoms with Crippen LogP contribution >= 0.6 is 0 Å². The Bertz CT molecular complexity index is 370. The summed E-state index contributed by atoms with van der Waals surface area (Å²) in [6, 6.07) is 0.739. The number of ether oxygens (including phenoxy) is 3. The summed E-state index contributed by atoms with van der Waals surface area (Å²) in [5.41, 5.74) is -0.441. The van der Waals surface area contributed by atoms with Crippen molar-refractivity contribution in [2.24, 2.45) is 0 Å². The number of nitrogens with one attached hydrogen (secondary N) is 2. The third-order valence-corrected chi connectivity index (χ3v) is 4.43. The Morgan fingerprint density at radius 1 is 1.12 bits per heavy atom. The van der Waals surface area contributed by atoms with Gasteiger partial charge in [0.25, 0.3) is 0 Å². The average Bonchev–Trinajstić information content (AvgIpc) is 3.00. The molecule has 1 heterocycles. The van der Waals surface area contributed by atoms with Gasteiger partial charge in [0.05, 0.1) is 12.7 Å². The molecule has 2 N–H and O–H groups in total. The van der Waals surface area contributed by atoms with Crippen molar-refractivity contribution in [2.75, 3.05) is 26.4 Å². The fourth-order valence-electron chi connectivity index (χ4n) is 3.17. The van der Waals surface area contributed by atoms with Crippen molar-refractivity contribution in [1.29, 1.82) is 0 Å². The molecule has 2 rings (SSSR count). The quantitative estimate of drug-likeness (QED) is 0.696. The highest BCUT2D eigenvalue weighted by atomic mass is 16.6. The lowest BCUT2D eigenvalue weighted by molar-refractivity contribution is 0.0169. The van der Waals surface area contributed by atoms with E-state index in [4.69, 9.17) is 14.2 Å². The van der Waals surface area contributed by atoms with Crippen LogP contribution in [0, 0.1) is 0 Å². The Kier molecular flexibility index (Phi) is 7.78. The van der Waals surface area contributed by atoms with Crippen molar-refractivity contribution < 1.29 is 19.0 Å². The maximum Gasteiger partial charge on any atom is 0.407 e. The fourth-order valence-corrected chi connectivity index (χ4v) is 3.17. The van der Waals surface area contributed by atoms with Crippen LogP contribution in [0.2, 0.25) is 0 Å². The highest BCUT2D eigenvalue weighted by molar-refractivity contribution is 5.68. The Labute approximate surface area is 146 Å². The second-order valence-corrected chi connectivity index (χ2v) is 7.86. The number of carbonyl (C=O) groups excluding carboxylic acids is 1. The summed E-state index contributed by atoms with van der Waals surface area (Å²) in [7, 11) is 0. The highest BCUT2D eigenvalue weighted by Gasteiger charge is 2.25. The molecule has 2 fully saturated rings. The monoisotopic (exact) mass is 342 g/mol. The molecule has 6 heteroatoms. The van der Waals surface area contributed by atoms with E-state index >= 15 is 0 Å². The van der Waals surface area contributed by atoms with Gasteiger partial charge in [0.2, 0.25) is 0 Å². The van der Waals surface area contributed by atoms with E-state index in [1.807, 2.05) is 20.8 Å². The predicted molar refractivity (Wildman–Crippen MR) is 93.2 cm³/mol. The van der Waals surface area contributed by atoms with Crippen molar-refractivity contribution in [3.8, 4) is 0 Å². The zero-order chi connectivity index (χ0) is 17.4. The van der Waals surface area contributed by atoms with Gasteiger partial charge >= 0.3 is 6.09 Å². The molecular formula is C18H34N2O4. The number of hydrogen-bond donors (Lipinski definition) is 2. The van der Waals surface area contributed by atoms with E-state index in [-0.39, 0.29) is 12.1 Å². The largest absolute Gasteiger partial charge is 0.444 e. The highest BCUT2D eigenvalue weighted by Crippen LogP contribution is 2.22. The lowest BCUT2D eigenvalue weighted by Gasteiger charge is -2.30. The molecule has 24 heavy (non-hydrogen) atoms. The van der Waals surface area contributed by atoms with E-state index < -0.39 is 5.60 Å². The van der Waals surface area contributed by atoms with E-state index in [1.54, 1.807) is 0 Å². The molecule has 0 aromatic carbocycles. The summed E-state index contributed by atoms with van der Waals surface area (Å²) in [5, 5.41) is 6.47. The van der Waals surface area contributed by atoms with Crippen LogP contribution in [0.3, 0.4) is 0 Å². The number of carbonyl (C=O) groups is 1. The van der Waals surface area contributed by atoms with E-state index in [2.05, 4.69) is 10.6 Å². The molecule has 1 atom stereocenters. The minimum atomic E-state index is -0.441. The van der Waals surface area contributed by atoms with Crippen LogP contribution in [0.1, 0.15) is 59.3 Å². The first-order chi connectivity index (χ1) is 11.4. The third-order valence-electron chi connectivity index (χ3n) is 4.43. The van der Waals surface area contributed by atoms with Crippen LogP contribution in [-0.2, 0) is 14.2 Å². The second-order valence-electron chi connectivity index (χ2n) is 7.86. The van der Waals surface area contributed by atoms with Crippen molar-refractivity contribution >= 4 is 6.09 Å². The molecular weight excluding hydrogens is 308 g/mol. The molecule has 1 aliphatic heterocycles. The smallest absolute Gasteiger partial charge is 0.407 e. The summed E-state index contributed by atoms with van der Waals surface area (Å²) < 4.78 is 16.6. The van der Waals surface area contributed by atoms with Crippen molar-refractivity contribution in [1.82, 2.24) is 10.6 Å². The Morgan fingerprint density at radius 3 is 2.50 bits per heavy atom. The number of alkyl carbamates (subject to hydrolysis) is 1. The molecule has 0 aromatic heterocycles. The first-order valence-corrected chi connectivity index (χ1v) is 9.34. The molecule has 140 valence electrons. The van der Waals surface area contributed by atoms with Crippen LogP contribution in [0.5, 0.6) is 0 Å². The normalized spacial score (nSPS) is 27.9. The first-order valence-electron chi connectivity index (χ1n) is 9.34. The second kappa shape index (κ2) is 9.59.